The molecule has 20 heavy (non-hydrogen) atoms. The summed E-state index contributed by atoms with van der Waals surface area (Å²) in [6.45, 7) is 3.53. The van der Waals surface area contributed by atoms with Crippen molar-refractivity contribution >= 4 is 27.1 Å². The fraction of sp³-hybridized carbons (Fsp3) is 0.250. The first-order chi connectivity index (χ1) is 9.18. The van der Waals surface area contributed by atoms with Gasteiger partial charge in [-0.15, -0.1) is 0 Å². The minimum Gasteiger partial charge on any atom is -0.399 e. The van der Waals surface area contributed by atoms with Crippen LogP contribution in [0.15, 0.2) is 23.2 Å². The summed E-state index contributed by atoms with van der Waals surface area (Å²) in [5, 5.41) is 12.5. The van der Waals surface area contributed by atoms with E-state index in [0.29, 0.717) is 16.9 Å². The molecule has 2 aromatic rings. The van der Waals surface area contributed by atoms with Gasteiger partial charge < -0.3 is 11.1 Å². The number of nitrogens with zero attached hydrogens (tertiary/aromatic N) is 2. The number of hydrogen-bond donors (Lipinski definition) is 3. The van der Waals surface area contributed by atoms with Gasteiger partial charge in [-0.1, -0.05) is 0 Å². The standard InChI is InChI=1S/C12H17N5O2S/c1-7-10(15-11-6-17(3)16-8(11)2)4-9(13)5-12(7)20(14,18)19/h4-6,15H,13H2,1-3H3,(H2,14,18,19). The zero-order valence-corrected chi connectivity index (χ0v) is 12.3. The molecule has 0 radical (unpaired) electrons. The van der Waals surface area contributed by atoms with E-state index in [4.69, 9.17) is 10.9 Å². The summed E-state index contributed by atoms with van der Waals surface area (Å²) in [7, 11) is -2.01. The normalized spacial score (nSPS) is 11.6. The molecular formula is C12H17N5O2S. The fourth-order valence-corrected chi connectivity index (χ4v) is 2.84. The van der Waals surface area contributed by atoms with Crippen LogP contribution in [0.1, 0.15) is 11.3 Å². The molecule has 0 bridgehead atoms. The molecule has 0 amide bonds. The smallest absolute Gasteiger partial charge is 0.238 e. The van der Waals surface area contributed by atoms with Gasteiger partial charge in [-0.25, -0.2) is 13.6 Å². The van der Waals surface area contributed by atoms with Crippen molar-refractivity contribution in [1.82, 2.24) is 9.78 Å². The maximum Gasteiger partial charge on any atom is 0.238 e. The molecule has 0 aliphatic heterocycles. The molecule has 0 atom stereocenters. The Balaban J connectivity index is 2.53. The van der Waals surface area contributed by atoms with Gasteiger partial charge in [-0.05, 0) is 31.5 Å². The summed E-state index contributed by atoms with van der Waals surface area (Å²) < 4.78 is 24.8. The number of aromatic nitrogens is 2. The Morgan fingerprint density at radius 2 is 1.90 bits per heavy atom. The summed E-state index contributed by atoms with van der Waals surface area (Å²) in [4.78, 5) is 0.0153. The second kappa shape index (κ2) is 4.80. The summed E-state index contributed by atoms with van der Waals surface area (Å²) in [6, 6.07) is 3.02. The Hall–Kier alpha value is -2.06. The van der Waals surface area contributed by atoms with E-state index < -0.39 is 10.0 Å². The average Bonchev–Trinajstić information content (AvgIpc) is 2.60. The van der Waals surface area contributed by atoms with Crippen LogP contribution in [-0.4, -0.2) is 18.2 Å². The van der Waals surface area contributed by atoms with E-state index >= 15 is 0 Å². The SMILES string of the molecule is Cc1nn(C)cc1Nc1cc(N)cc(S(N)(=O)=O)c1C. The van der Waals surface area contributed by atoms with Crippen molar-refractivity contribution in [2.75, 3.05) is 11.1 Å². The first-order valence-corrected chi connectivity index (χ1v) is 7.43. The number of hydrogen-bond acceptors (Lipinski definition) is 5. The number of nitrogens with two attached hydrogens (primary N) is 2. The zero-order valence-electron chi connectivity index (χ0n) is 11.5. The van der Waals surface area contributed by atoms with Crippen molar-refractivity contribution in [3.05, 3.63) is 29.6 Å². The lowest BCUT2D eigenvalue weighted by molar-refractivity contribution is 0.597. The Kier molecular flexibility index (Phi) is 3.45. The maximum absolute atomic E-state index is 11.6. The van der Waals surface area contributed by atoms with Crippen molar-refractivity contribution in [3.63, 3.8) is 0 Å². The third kappa shape index (κ3) is 2.75. The van der Waals surface area contributed by atoms with Gasteiger partial charge in [0.15, 0.2) is 0 Å². The number of aryl methyl sites for hydroxylation is 2. The molecule has 2 rings (SSSR count). The van der Waals surface area contributed by atoms with Crippen LogP contribution in [0.25, 0.3) is 0 Å². The minimum absolute atomic E-state index is 0.0153. The van der Waals surface area contributed by atoms with Crippen molar-refractivity contribution in [2.45, 2.75) is 18.7 Å². The molecule has 7 nitrogen and oxygen atoms in total. The van der Waals surface area contributed by atoms with Crippen LogP contribution in [0.4, 0.5) is 17.1 Å². The predicted octanol–water partition coefficient (Wildman–Crippen LogP) is 1.01. The van der Waals surface area contributed by atoms with E-state index in [0.717, 1.165) is 11.4 Å². The molecule has 0 aliphatic rings. The van der Waals surface area contributed by atoms with Gasteiger partial charge in [0.05, 0.1) is 16.3 Å². The first kappa shape index (κ1) is 14.4. The Morgan fingerprint density at radius 1 is 1.25 bits per heavy atom. The number of anilines is 3. The lowest BCUT2D eigenvalue weighted by Gasteiger charge is -2.13. The number of nitrogen functional groups attached to an aromatic ring is 1. The lowest BCUT2D eigenvalue weighted by atomic mass is 10.1. The molecule has 0 aliphatic carbocycles. The lowest BCUT2D eigenvalue weighted by Crippen LogP contribution is -2.15. The van der Waals surface area contributed by atoms with E-state index in [1.165, 1.54) is 6.07 Å². The van der Waals surface area contributed by atoms with Gasteiger partial charge >= 0.3 is 0 Å². The van der Waals surface area contributed by atoms with E-state index in [1.807, 2.05) is 6.92 Å². The summed E-state index contributed by atoms with van der Waals surface area (Å²) in [5.41, 5.74) is 8.75. The molecule has 0 saturated carbocycles. The molecule has 1 aromatic carbocycles. The van der Waals surface area contributed by atoms with Crippen molar-refractivity contribution in [1.29, 1.82) is 0 Å². The largest absolute Gasteiger partial charge is 0.399 e. The number of benzene rings is 1. The van der Waals surface area contributed by atoms with Crippen LogP contribution in [0.5, 0.6) is 0 Å². The molecule has 0 unspecified atom stereocenters. The summed E-state index contributed by atoms with van der Waals surface area (Å²) in [6.07, 6.45) is 1.80. The number of nitrogens with one attached hydrogen (secondary N) is 1. The van der Waals surface area contributed by atoms with E-state index in [2.05, 4.69) is 10.4 Å². The van der Waals surface area contributed by atoms with Gasteiger partial charge in [0, 0.05) is 24.6 Å². The Morgan fingerprint density at radius 3 is 2.40 bits per heavy atom. The van der Waals surface area contributed by atoms with Crippen LogP contribution in [0, 0.1) is 13.8 Å². The Bertz CT molecular complexity index is 764. The first-order valence-electron chi connectivity index (χ1n) is 5.88. The topological polar surface area (TPSA) is 116 Å². The quantitative estimate of drug-likeness (QED) is 0.731. The van der Waals surface area contributed by atoms with Crippen LogP contribution in [-0.2, 0) is 17.1 Å². The second-order valence-electron chi connectivity index (χ2n) is 4.66. The monoisotopic (exact) mass is 295 g/mol. The summed E-state index contributed by atoms with van der Waals surface area (Å²) in [5.74, 6) is 0. The highest BCUT2D eigenvalue weighted by Gasteiger charge is 2.16. The van der Waals surface area contributed by atoms with Crippen LogP contribution >= 0.6 is 0 Å². The predicted molar refractivity (Wildman–Crippen MR) is 78.2 cm³/mol. The van der Waals surface area contributed by atoms with E-state index in [1.54, 1.807) is 30.9 Å². The average molecular weight is 295 g/mol. The number of primary sulfonamides is 1. The van der Waals surface area contributed by atoms with Gasteiger partial charge in [0.25, 0.3) is 0 Å². The minimum atomic E-state index is -3.82. The van der Waals surface area contributed by atoms with E-state index in [-0.39, 0.29) is 4.90 Å². The van der Waals surface area contributed by atoms with Crippen molar-refractivity contribution in [2.24, 2.45) is 12.2 Å². The van der Waals surface area contributed by atoms with Gasteiger partial charge in [-0.3, -0.25) is 4.68 Å². The highest BCUT2D eigenvalue weighted by molar-refractivity contribution is 7.89. The van der Waals surface area contributed by atoms with Gasteiger partial charge in [-0.2, -0.15) is 5.10 Å². The fourth-order valence-electron chi connectivity index (χ4n) is 2.00. The highest BCUT2D eigenvalue weighted by Crippen LogP contribution is 2.29. The molecule has 0 saturated heterocycles. The second-order valence-corrected chi connectivity index (χ2v) is 6.19. The van der Waals surface area contributed by atoms with Crippen molar-refractivity contribution < 1.29 is 8.42 Å². The van der Waals surface area contributed by atoms with Crippen LogP contribution < -0.4 is 16.2 Å². The third-order valence-corrected chi connectivity index (χ3v) is 4.01. The molecule has 108 valence electrons. The summed E-state index contributed by atoms with van der Waals surface area (Å²) >= 11 is 0. The zero-order chi connectivity index (χ0) is 15.1. The number of sulfonamides is 1. The molecule has 1 aromatic heterocycles. The van der Waals surface area contributed by atoms with Crippen LogP contribution in [0.3, 0.4) is 0 Å². The van der Waals surface area contributed by atoms with Gasteiger partial charge in [0.2, 0.25) is 10.0 Å². The van der Waals surface area contributed by atoms with Crippen molar-refractivity contribution in [3.8, 4) is 0 Å². The maximum atomic E-state index is 11.6. The molecular weight excluding hydrogens is 278 g/mol. The Labute approximate surface area is 117 Å². The molecule has 1 heterocycles. The van der Waals surface area contributed by atoms with Crippen LogP contribution in [0.2, 0.25) is 0 Å². The molecule has 5 N–H and O–H groups in total. The third-order valence-electron chi connectivity index (χ3n) is 2.97. The van der Waals surface area contributed by atoms with E-state index in [9.17, 15) is 8.42 Å². The molecule has 8 heteroatoms. The van der Waals surface area contributed by atoms with Gasteiger partial charge in [0.1, 0.15) is 0 Å². The number of rotatable bonds is 3. The molecule has 0 fully saturated rings. The molecule has 0 spiro atoms. The highest BCUT2D eigenvalue weighted by atomic mass is 32.2.